The lowest BCUT2D eigenvalue weighted by Crippen LogP contribution is -2.48. The van der Waals surface area contributed by atoms with Crippen LogP contribution in [0.3, 0.4) is 0 Å². The molecule has 1 heterocycles. The van der Waals surface area contributed by atoms with Crippen molar-refractivity contribution < 1.29 is 9.90 Å². The maximum Gasteiger partial charge on any atom is 0.317 e. The normalized spacial score (nSPS) is 26.6. The molecule has 3 rings (SSSR count). The van der Waals surface area contributed by atoms with Gasteiger partial charge < -0.3 is 15.3 Å². The standard InChI is InChI=1S/C18H26N2O2/c1-13-11-14-5-3-4-6-15(14)16(13)19-17(22)20-9-7-18(2,12-21)8-10-20/h3-6,13,16,21H,7-12H2,1-2H3,(H,19,22)/t13-,16+/m1/s1. The van der Waals surface area contributed by atoms with Crippen LogP contribution in [0.5, 0.6) is 0 Å². The van der Waals surface area contributed by atoms with Gasteiger partial charge in [0.25, 0.3) is 0 Å². The minimum atomic E-state index is -0.0238. The zero-order chi connectivity index (χ0) is 15.7. The van der Waals surface area contributed by atoms with Crippen molar-refractivity contribution in [3.05, 3.63) is 35.4 Å². The van der Waals surface area contributed by atoms with Gasteiger partial charge in [-0.3, -0.25) is 0 Å². The highest BCUT2D eigenvalue weighted by atomic mass is 16.3. The van der Waals surface area contributed by atoms with E-state index in [0.29, 0.717) is 5.92 Å². The van der Waals surface area contributed by atoms with E-state index in [2.05, 4.69) is 37.4 Å². The van der Waals surface area contributed by atoms with Gasteiger partial charge in [0.05, 0.1) is 6.04 Å². The van der Waals surface area contributed by atoms with E-state index >= 15 is 0 Å². The van der Waals surface area contributed by atoms with Crippen LogP contribution in [-0.2, 0) is 6.42 Å². The van der Waals surface area contributed by atoms with Crippen LogP contribution in [0.4, 0.5) is 4.79 Å². The van der Waals surface area contributed by atoms with Crippen molar-refractivity contribution in [3.8, 4) is 0 Å². The first-order chi connectivity index (χ1) is 10.5. The average Bonchev–Trinajstić information content (AvgIpc) is 2.84. The highest BCUT2D eigenvalue weighted by Gasteiger charge is 2.34. The second kappa shape index (κ2) is 5.92. The number of nitrogens with one attached hydrogen (secondary N) is 1. The predicted molar refractivity (Wildman–Crippen MR) is 86.6 cm³/mol. The summed E-state index contributed by atoms with van der Waals surface area (Å²) in [7, 11) is 0. The lowest BCUT2D eigenvalue weighted by atomic mass is 9.81. The van der Waals surface area contributed by atoms with Gasteiger partial charge >= 0.3 is 6.03 Å². The summed E-state index contributed by atoms with van der Waals surface area (Å²) < 4.78 is 0. The van der Waals surface area contributed by atoms with Crippen molar-refractivity contribution >= 4 is 6.03 Å². The van der Waals surface area contributed by atoms with Gasteiger partial charge in [0, 0.05) is 19.7 Å². The van der Waals surface area contributed by atoms with Crippen LogP contribution in [0.25, 0.3) is 0 Å². The van der Waals surface area contributed by atoms with E-state index in [1.165, 1.54) is 11.1 Å². The first kappa shape index (κ1) is 15.3. The van der Waals surface area contributed by atoms with Crippen LogP contribution < -0.4 is 5.32 Å². The number of amides is 2. The second-order valence-corrected chi connectivity index (χ2v) is 7.26. The third kappa shape index (κ3) is 2.84. The molecule has 0 spiro atoms. The Morgan fingerprint density at radius 2 is 2.05 bits per heavy atom. The van der Waals surface area contributed by atoms with Gasteiger partial charge in [0.1, 0.15) is 0 Å². The summed E-state index contributed by atoms with van der Waals surface area (Å²) in [6, 6.07) is 8.55. The number of carbonyl (C=O) groups excluding carboxylic acids is 1. The Morgan fingerprint density at radius 1 is 1.36 bits per heavy atom. The molecule has 2 atom stereocenters. The van der Waals surface area contributed by atoms with Crippen molar-refractivity contribution in [2.75, 3.05) is 19.7 Å². The van der Waals surface area contributed by atoms with Crippen LogP contribution in [-0.4, -0.2) is 35.7 Å². The van der Waals surface area contributed by atoms with Gasteiger partial charge in [-0.1, -0.05) is 38.1 Å². The SMILES string of the molecule is C[C@@H]1Cc2ccccc2[C@H]1NC(=O)N1CCC(C)(CO)CC1. The number of aliphatic hydroxyl groups is 1. The highest BCUT2D eigenvalue weighted by Crippen LogP contribution is 2.36. The molecule has 0 saturated carbocycles. The number of benzene rings is 1. The molecule has 0 bridgehead atoms. The van der Waals surface area contributed by atoms with E-state index in [1.54, 1.807) is 0 Å². The third-order valence-corrected chi connectivity index (χ3v) is 5.42. The zero-order valence-electron chi connectivity index (χ0n) is 13.5. The van der Waals surface area contributed by atoms with Crippen molar-refractivity contribution in [2.45, 2.75) is 39.2 Å². The van der Waals surface area contributed by atoms with Gasteiger partial charge in [-0.15, -0.1) is 0 Å². The maximum absolute atomic E-state index is 12.6. The molecular weight excluding hydrogens is 276 g/mol. The number of carbonyl (C=O) groups is 1. The number of urea groups is 1. The van der Waals surface area contributed by atoms with E-state index in [9.17, 15) is 9.90 Å². The summed E-state index contributed by atoms with van der Waals surface area (Å²) in [5, 5.41) is 12.7. The van der Waals surface area contributed by atoms with E-state index in [1.807, 2.05) is 11.0 Å². The Balaban J connectivity index is 1.63. The Hall–Kier alpha value is -1.55. The average molecular weight is 302 g/mol. The monoisotopic (exact) mass is 302 g/mol. The van der Waals surface area contributed by atoms with Gasteiger partial charge in [0.2, 0.25) is 0 Å². The molecule has 2 N–H and O–H groups in total. The number of aliphatic hydroxyl groups excluding tert-OH is 1. The topological polar surface area (TPSA) is 52.6 Å². The molecule has 0 radical (unpaired) electrons. The number of likely N-dealkylation sites (tertiary alicyclic amines) is 1. The molecule has 0 unspecified atom stereocenters. The van der Waals surface area contributed by atoms with Crippen LogP contribution in [0.1, 0.15) is 43.9 Å². The zero-order valence-corrected chi connectivity index (χ0v) is 13.5. The maximum atomic E-state index is 12.6. The Kier molecular flexibility index (Phi) is 4.13. The van der Waals surface area contributed by atoms with E-state index in [4.69, 9.17) is 0 Å². The molecule has 4 heteroatoms. The summed E-state index contributed by atoms with van der Waals surface area (Å²) in [5.41, 5.74) is 2.59. The minimum Gasteiger partial charge on any atom is -0.396 e. The molecule has 1 aromatic carbocycles. The van der Waals surface area contributed by atoms with Crippen LogP contribution in [0, 0.1) is 11.3 Å². The van der Waals surface area contributed by atoms with E-state index < -0.39 is 0 Å². The van der Waals surface area contributed by atoms with Crippen molar-refractivity contribution in [1.82, 2.24) is 10.2 Å². The van der Waals surface area contributed by atoms with Gasteiger partial charge in [0.15, 0.2) is 0 Å². The van der Waals surface area contributed by atoms with Crippen molar-refractivity contribution in [3.63, 3.8) is 0 Å². The van der Waals surface area contributed by atoms with Crippen LogP contribution >= 0.6 is 0 Å². The molecule has 1 fully saturated rings. The minimum absolute atomic E-state index is 0.0238. The van der Waals surface area contributed by atoms with Crippen molar-refractivity contribution in [1.29, 1.82) is 0 Å². The molecule has 1 aliphatic heterocycles. The molecule has 0 aromatic heterocycles. The van der Waals surface area contributed by atoms with E-state index in [-0.39, 0.29) is 24.1 Å². The predicted octanol–water partition coefficient (Wildman–Crippen LogP) is 2.72. The molecule has 1 aromatic rings. The molecular formula is C18H26N2O2. The lowest BCUT2D eigenvalue weighted by Gasteiger charge is -2.38. The fourth-order valence-corrected chi connectivity index (χ4v) is 3.65. The van der Waals surface area contributed by atoms with Crippen LogP contribution in [0.15, 0.2) is 24.3 Å². The molecule has 1 aliphatic carbocycles. The largest absolute Gasteiger partial charge is 0.396 e. The number of rotatable bonds is 2. The van der Waals surface area contributed by atoms with Gasteiger partial charge in [-0.2, -0.15) is 0 Å². The number of piperidine rings is 1. The fraction of sp³-hybridized carbons (Fsp3) is 0.611. The van der Waals surface area contributed by atoms with E-state index in [0.717, 1.165) is 32.4 Å². The smallest absolute Gasteiger partial charge is 0.317 e. The summed E-state index contributed by atoms with van der Waals surface area (Å²) in [4.78, 5) is 14.5. The number of hydrogen-bond acceptors (Lipinski definition) is 2. The Labute approximate surface area is 132 Å². The molecule has 120 valence electrons. The summed E-state index contributed by atoms with van der Waals surface area (Å²) >= 11 is 0. The Bertz CT molecular complexity index is 550. The number of fused-ring (bicyclic) bond motifs is 1. The molecule has 22 heavy (non-hydrogen) atoms. The highest BCUT2D eigenvalue weighted by molar-refractivity contribution is 5.75. The first-order valence-electron chi connectivity index (χ1n) is 8.26. The quantitative estimate of drug-likeness (QED) is 0.882. The third-order valence-electron chi connectivity index (χ3n) is 5.42. The van der Waals surface area contributed by atoms with Gasteiger partial charge in [-0.05, 0) is 41.7 Å². The molecule has 2 aliphatic rings. The van der Waals surface area contributed by atoms with Crippen molar-refractivity contribution in [2.24, 2.45) is 11.3 Å². The summed E-state index contributed by atoms with van der Waals surface area (Å²) in [6.45, 7) is 5.95. The van der Waals surface area contributed by atoms with Gasteiger partial charge in [-0.25, -0.2) is 4.79 Å². The second-order valence-electron chi connectivity index (χ2n) is 7.26. The number of hydrogen-bond donors (Lipinski definition) is 2. The molecule has 4 nitrogen and oxygen atoms in total. The fourth-order valence-electron chi connectivity index (χ4n) is 3.65. The number of nitrogens with zero attached hydrogens (tertiary/aromatic N) is 1. The lowest BCUT2D eigenvalue weighted by molar-refractivity contribution is 0.0690. The Morgan fingerprint density at radius 3 is 2.73 bits per heavy atom. The molecule has 1 saturated heterocycles. The molecule has 2 amide bonds. The first-order valence-corrected chi connectivity index (χ1v) is 8.26. The van der Waals surface area contributed by atoms with Crippen LogP contribution in [0.2, 0.25) is 0 Å². The summed E-state index contributed by atoms with van der Waals surface area (Å²) in [6.07, 6.45) is 2.77. The summed E-state index contributed by atoms with van der Waals surface area (Å²) in [5.74, 6) is 0.439.